The highest BCUT2D eigenvalue weighted by molar-refractivity contribution is 6.00. The van der Waals surface area contributed by atoms with E-state index in [1.807, 2.05) is 6.92 Å². The maximum Gasteiger partial charge on any atom is 0.199 e. The van der Waals surface area contributed by atoms with Crippen molar-refractivity contribution in [2.45, 2.75) is 39.4 Å². The number of nitrogens with two attached hydrogens (primary N) is 1. The van der Waals surface area contributed by atoms with E-state index in [-0.39, 0.29) is 6.29 Å². The summed E-state index contributed by atoms with van der Waals surface area (Å²) in [5, 5.41) is 5.99. The Balaban J connectivity index is 2.34. The van der Waals surface area contributed by atoms with Crippen LogP contribution in [0.1, 0.15) is 33.1 Å². The Hall–Kier alpha value is -1.10. The van der Waals surface area contributed by atoms with Gasteiger partial charge in [0.15, 0.2) is 12.2 Å². The number of aliphatic imine (C=N–C) groups is 2. The third-order valence-electron chi connectivity index (χ3n) is 1.95. The molecule has 0 bridgehead atoms. The molecule has 0 aliphatic carbocycles. The van der Waals surface area contributed by atoms with Gasteiger partial charge in [0.1, 0.15) is 5.84 Å². The highest BCUT2D eigenvalue weighted by atomic mass is 15.3. The monoisotopic (exact) mass is 197 g/mol. The first-order valence-electron chi connectivity index (χ1n) is 5.10. The van der Waals surface area contributed by atoms with Crippen molar-refractivity contribution in [3.63, 3.8) is 0 Å². The molecule has 1 unspecified atom stereocenters. The summed E-state index contributed by atoms with van der Waals surface area (Å²) in [5.41, 5.74) is 5.63. The summed E-state index contributed by atoms with van der Waals surface area (Å²) >= 11 is 0. The number of unbranched alkanes of at least 4 members (excludes halogenated alkanes) is 2. The molecule has 1 atom stereocenters. The molecule has 0 fully saturated rings. The Morgan fingerprint density at radius 3 is 2.93 bits per heavy atom. The molecule has 0 saturated heterocycles. The second-order valence-electron chi connectivity index (χ2n) is 3.37. The molecule has 80 valence electrons. The lowest BCUT2D eigenvalue weighted by Crippen LogP contribution is -2.53. The van der Waals surface area contributed by atoms with E-state index in [0.29, 0.717) is 0 Å². The number of nitrogens with one attached hydrogen (secondary N) is 2. The van der Waals surface area contributed by atoms with Crippen LogP contribution in [0.5, 0.6) is 0 Å². The van der Waals surface area contributed by atoms with E-state index in [2.05, 4.69) is 27.5 Å². The zero-order chi connectivity index (χ0) is 10.4. The van der Waals surface area contributed by atoms with E-state index in [1.54, 1.807) is 0 Å². The van der Waals surface area contributed by atoms with E-state index >= 15 is 0 Å². The molecule has 0 aromatic rings. The van der Waals surface area contributed by atoms with Crippen molar-refractivity contribution < 1.29 is 0 Å². The molecule has 14 heavy (non-hydrogen) atoms. The van der Waals surface area contributed by atoms with Gasteiger partial charge in [-0.3, -0.25) is 10.7 Å². The van der Waals surface area contributed by atoms with E-state index in [1.165, 1.54) is 12.8 Å². The maximum absolute atomic E-state index is 5.63. The molecule has 5 nitrogen and oxygen atoms in total. The van der Waals surface area contributed by atoms with Crippen molar-refractivity contribution in [1.29, 1.82) is 0 Å². The number of hydrogen-bond donors (Lipinski definition) is 3. The van der Waals surface area contributed by atoms with Gasteiger partial charge in [-0.2, -0.15) is 0 Å². The van der Waals surface area contributed by atoms with Crippen molar-refractivity contribution in [3.8, 4) is 0 Å². The van der Waals surface area contributed by atoms with Crippen molar-refractivity contribution in [3.05, 3.63) is 0 Å². The summed E-state index contributed by atoms with van der Waals surface area (Å²) in [6.45, 7) is 4.89. The van der Waals surface area contributed by atoms with E-state index in [0.717, 1.165) is 24.8 Å². The third-order valence-corrected chi connectivity index (χ3v) is 1.95. The van der Waals surface area contributed by atoms with Crippen molar-refractivity contribution in [2.75, 3.05) is 6.54 Å². The van der Waals surface area contributed by atoms with Crippen LogP contribution >= 0.6 is 0 Å². The molecular weight excluding hydrogens is 178 g/mol. The van der Waals surface area contributed by atoms with Gasteiger partial charge < -0.3 is 10.6 Å². The van der Waals surface area contributed by atoms with Gasteiger partial charge in [0.05, 0.1) is 0 Å². The first kappa shape index (κ1) is 11.0. The molecule has 0 radical (unpaired) electrons. The van der Waals surface area contributed by atoms with Crippen LogP contribution < -0.4 is 16.4 Å². The third kappa shape index (κ3) is 3.74. The van der Waals surface area contributed by atoms with Crippen LogP contribution in [-0.2, 0) is 0 Å². The fourth-order valence-electron chi connectivity index (χ4n) is 1.26. The molecule has 5 heteroatoms. The second kappa shape index (κ2) is 5.59. The standard InChI is InChI=1S/C9H19N5/c1-3-4-5-6-11-9-13-7(2)12-8(10)14-9/h8H,3-6,10H2,1-2H3,(H2,11,12,13,14). The summed E-state index contributed by atoms with van der Waals surface area (Å²) in [6, 6.07) is 0. The largest absolute Gasteiger partial charge is 0.322 e. The highest BCUT2D eigenvalue weighted by Crippen LogP contribution is 1.94. The fraction of sp³-hybridized carbons (Fsp3) is 0.778. The lowest BCUT2D eigenvalue weighted by Gasteiger charge is -2.21. The van der Waals surface area contributed by atoms with E-state index < -0.39 is 0 Å². The van der Waals surface area contributed by atoms with Crippen LogP contribution in [0, 0.1) is 0 Å². The minimum absolute atomic E-state index is 0.360. The molecule has 1 rings (SSSR count). The van der Waals surface area contributed by atoms with Crippen LogP contribution in [0.25, 0.3) is 0 Å². The summed E-state index contributed by atoms with van der Waals surface area (Å²) in [5.74, 6) is 1.55. The van der Waals surface area contributed by atoms with Crippen LogP contribution in [0.3, 0.4) is 0 Å². The Labute approximate surface area is 84.9 Å². The van der Waals surface area contributed by atoms with Gasteiger partial charge in [0, 0.05) is 6.54 Å². The zero-order valence-corrected chi connectivity index (χ0v) is 8.88. The Kier molecular flexibility index (Phi) is 4.39. The number of amidine groups is 1. The Morgan fingerprint density at radius 1 is 1.50 bits per heavy atom. The molecule has 1 aliphatic rings. The average molecular weight is 197 g/mol. The molecule has 0 aromatic carbocycles. The first-order chi connectivity index (χ1) is 6.72. The van der Waals surface area contributed by atoms with Gasteiger partial charge >= 0.3 is 0 Å². The topological polar surface area (TPSA) is 74.8 Å². The van der Waals surface area contributed by atoms with Gasteiger partial charge in [-0.05, 0) is 13.3 Å². The molecule has 0 saturated carbocycles. The molecule has 0 spiro atoms. The lowest BCUT2D eigenvalue weighted by molar-refractivity contribution is 0.633. The van der Waals surface area contributed by atoms with E-state index in [9.17, 15) is 0 Å². The van der Waals surface area contributed by atoms with Crippen molar-refractivity contribution >= 4 is 11.8 Å². The Bertz CT molecular complexity index is 233. The number of hydrogen-bond acceptors (Lipinski definition) is 3. The van der Waals surface area contributed by atoms with Gasteiger partial charge in [-0.1, -0.05) is 19.8 Å². The SMILES string of the molecule is CCCCCN=C1NC(C)=NC(N)N1. The average Bonchev–Trinajstić information content (AvgIpc) is 2.11. The summed E-state index contributed by atoms with van der Waals surface area (Å²) in [7, 11) is 0. The van der Waals surface area contributed by atoms with Gasteiger partial charge in [-0.25, -0.2) is 4.99 Å². The quantitative estimate of drug-likeness (QED) is 0.571. The molecular formula is C9H19N5. The van der Waals surface area contributed by atoms with Gasteiger partial charge in [0.2, 0.25) is 0 Å². The summed E-state index contributed by atoms with van der Waals surface area (Å²) in [6.07, 6.45) is 3.19. The summed E-state index contributed by atoms with van der Waals surface area (Å²) in [4.78, 5) is 8.42. The maximum atomic E-state index is 5.63. The molecule has 0 aromatic heterocycles. The lowest BCUT2D eigenvalue weighted by atomic mass is 10.2. The van der Waals surface area contributed by atoms with Gasteiger partial charge in [0.25, 0.3) is 0 Å². The van der Waals surface area contributed by atoms with Crippen LogP contribution in [0.15, 0.2) is 9.98 Å². The highest BCUT2D eigenvalue weighted by Gasteiger charge is 2.10. The van der Waals surface area contributed by atoms with Crippen LogP contribution in [0.4, 0.5) is 0 Å². The minimum atomic E-state index is -0.360. The first-order valence-corrected chi connectivity index (χ1v) is 5.10. The minimum Gasteiger partial charge on any atom is -0.322 e. The summed E-state index contributed by atoms with van der Waals surface area (Å²) < 4.78 is 0. The molecule has 0 amide bonds. The molecule has 1 heterocycles. The van der Waals surface area contributed by atoms with Crippen molar-refractivity contribution in [1.82, 2.24) is 10.6 Å². The van der Waals surface area contributed by atoms with Crippen molar-refractivity contribution in [2.24, 2.45) is 15.7 Å². The Morgan fingerprint density at radius 2 is 2.29 bits per heavy atom. The fourth-order valence-corrected chi connectivity index (χ4v) is 1.26. The smallest absolute Gasteiger partial charge is 0.199 e. The predicted octanol–water partition coefficient (Wildman–Crippen LogP) is 0.386. The molecule has 4 N–H and O–H groups in total. The number of guanidine groups is 1. The number of nitrogens with zero attached hydrogens (tertiary/aromatic N) is 2. The normalized spacial score (nSPS) is 24.1. The van der Waals surface area contributed by atoms with Crippen LogP contribution in [-0.4, -0.2) is 24.6 Å². The van der Waals surface area contributed by atoms with Gasteiger partial charge in [-0.15, -0.1) is 0 Å². The van der Waals surface area contributed by atoms with Crippen LogP contribution in [0.2, 0.25) is 0 Å². The molecule has 1 aliphatic heterocycles. The van der Waals surface area contributed by atoms with E-state index in [4.69, 9.17) is 5.73 Å². The second-order valence-corrected chi connectivity index (χ2v) is 3.37. The number of rotatable bonds is 4. The zero-order valence-electron chi connectivity index (χ0n) is 8.88. The predicted molar refractivity (Wildman–Crippen MR) is 59.2 cm³/mol.